The van der Waals surface area contributed by atoms with E-state index in [0.29, 0.717) is 18.9 Å². The van der Waals surface area contributed by atoms with Crippen molar-refractivity contribution in [2.75, 3.05) is 6.54 Å². The molecule has 0 aromatic carbocycles. The molecule has 14 heavy (non-hydrogen) atoms. The van der Waals surface area contributed by atoms with Crippen LogP contribution in [-0.4, -0.2) is 18.5 Å². The first-order valence-electron chi connectivity index (χ1n) is 5.32. The molecule has 0 heterocycles. The molecule has 3 N–H and O–H groups in total. The first kappa shape index (κ1) is 13.4. The maximum Gasteiger partial charge on any atom is 0.236 e. The van der Waals surface area contributed by atoms with Crippen LogP contribution in [0.25, 0.3) is 0 Å². The number of rotatable bonds is 4. The van der Waals surface area contributed by atoms with Crippen molar-refractivity contribution < 1.29 is 4.79 Å². The van der Waals surface area contributed by atoms with E-state index >= 15 is 0 Å². The normalized spacial score (nSPS) is 16.1. The third kappa shape index (κ3) is 4.61. The Morgan fingerprint density at radius 3 is 2.29 bits per heavy atom. The molecule has 0 rings (SSSR count). The van der Waals surface area contributed by atoms with Crippen LogP contribution in [0, 0.1) is 11.3 Å². The molecule has 0 saturated heterocycles. The van der Waals surface area contributed by atoms with Crippen molar-refractivity contribution >= 4 is 5.91 Å². The van der Waals surface area contributed by atoms with Crippen LogP contribution in [0.2, 0.25) is 0 Å². The molecule has 0 aliphatic heterocycles. The second kappa shape index (κ2) is 5.35. The molecule has 1 amide bonds. The fourth-order valence-electron chi connectivity index (χ4n) is 0.876. The minimum absolute atomic E-state index is 0.0383. The van der Waals surface area contributed by atoms with Crippen LogP contribution in [0.4, 0.5) is 0 Å². The van der Waals surface area contributed by atoms with Crippen LogP contribution in [0.15, 0.2) is 0 Å². The molecular weight excluding hydrogens is 176 g/mol. The second-order valence-corrected chi connectivity index (χ2v) is 5.03. The summed E-state index contributed by atoms with van der Waals surface area (Å²) in [6.07, 6.45) is 0.690. The summed E-state index contributed by atoms with van der Waals surface area (Å²) in [4.78, 5) is 11.4. The topological polar surface area (TPSA) is 55.1 Å². The van der Waals surface area contributed by atoms with Crippen molar-refractivity contribution in [3.05, 3.63) is 0 Å². The zero-order valence-corrected chi connectivity index (χ0v) is 10.1. The zero-order chi connectivity index (χ0) is 11.4. The molecule has 3 heteroatoms. The standard InChI is InChI=1S/C11H24N2O/c1-6-9(12)10(14)13-7-8(2)11(3,4)5/h8-9H,6-7,12H2,1-5H3,(H,13,14)/t8?,9-/m1/s1. The van der Waals surface area contributed by atoms with Gasteiger partial charge in [-0.2, -0.15) is 0 Å². The Kier molecular flexibility index (Phi) is 5.13. The van der Waals surface area contributed by atoms with Gasteiger partial charge in [0, 0.05) is 6.54 Å². The van der Waals surface area contributed by atoms with E-state index in [2.05, 4.69) is 33.0 Å². The molecule has 0 bridgehead atoms. The highest BCUT2D eigenvalue weighted by Crippen LogP contribution is 2.24. The summed E-state index contributed by atoms with van der Waals surface area (Å²) in [5.74, 6) is 0.416. The number of nitrogens with two attached hydrogens (primary N) is 1. The van der Waals surface area contributed by atoms with Gasteiger partial charge in [0.25, 0.3) is 0 Å². The van der Waals surface area contributed by atoms with E-state index in [1.54, 1.807) is 0 Å². The SMILES string of the molecule is CC[C@@H](N)C(=O)NCC(C)C(C)(C)C. The minimum atomic E-state index is -0.359. The third-order valence-electron chi connectivity index (χ3n) is 2.84. The lowest BCUT2D eigenvalue weighted by Gasteiger charge is -2.27. The lowest BCUT2D eigenvalue weighted by molar-refractivity contribution is -0.122. The van der Waals surface area contributed by atoms with Crippen LogP contribution in [0.5, 0.6) is 0 Å². The van der Waals surface area contributed by atoms with Crippen molar-refractivity contribution in [3.8, 4) is 0 Å². The van der Waals surface area contributed by atoms with Gasteiger partial charge in [0.2, 0.25) is 5.91 Å². The summed E-state index contributed by atoms with van der Waals surface area (Å²) >= 11 is 0. The largest absolute Gasteiger partial charge is 0.354 e. The van der Waals surface area contributed by atoms with Crippen molar-refractivity contribution in [2.24, 2.45) is 17.1 Å². The van der Waals surface area contributed by atoms with Crippen LogP contribution in [0.1, 0.15) is 41.0 Å². The maximum atomic E-state index is 11.4. The third-order valence-corrected chi connectivity index (χ3v) is 2.84. The summed E-state index contributed by atoms with van der Waals surface area (Å²) in [6.45, 7) is 11.3. The zero-order valence-electron chi connectivity index (χ0n) is 10.1. The summed E-state index contributed by atoms with van der Waals surface area (Å²) in [7, 11) is 0. The molecule has 0 aliphatic carbocycles. The fourth-order valence-corrected chi connectivity index (χ4v) is 0.876. The quantitative estimate of drug-likeness (QED) is 0.723. The Hall–Kier alpha value is -0.570. The average molecular weight is 200 g/mol. The number of hydrogen-bond donors (Lipinski definition) is 2. The maximum absolute atomic E-state index is 11.4. The van der Waals surface area contributed by atoms with Crippen molar-refractivity contribution in [1.82, 2.24) is 5.32 Å². The van der Waals surface area contributed by atoms with Crippen molar-refractivity contribution in [3.63, 3.8) is 0 Å². The Morgan fingerprint density at radius 1 is 1.43 bits per heavy atom. The predicted molar refractivity (Wildman–Crippen MR) is 59.9 cm³/mol. The summed E-state index contributed by atoms with van der Waals surface area (Å²) in [6, 6.07) is -0.359. The van der Waals surface area contributed by atoms with Gasteiger partial charge in [0.05, 0.1) is 6.04 Å². The van der Waals surface area contributed by atoms with E-state index in [1.165, 1.54) is 0 Å². The molecule has 0 spiro atoms. The van der Waals surface area contributed by atoms with Gasteiger partial charge in [-0.3, -0.25) is 4.79 Å². The molecule has 84 valence electrons. The van der Waals surface area contributed by atoms with Gasteiger partial charge in [0.1, 0.15) is 0 Å². The molecule has 2 atom stereocenters. The molecule has 0 aromatic heterocycles. The molecule has 0 aliphatic rings. The first-order chi connectivity index (χ1) is 6.29. The lowest BCUT2D eigenvalue weighted by Crippen LogP contribution is -2.43. The smallest absolute Gasteiger partial charge is 0.236 e. The Balaban J connectivity index is 3.89. The van der Waals surface area contributed by atoms with Gasteiger partial charge in [-0.15, -0.1) is 0 Å². The second-order valence-electron chi connectivity index (χ2n) is 5.03. The minimum Gasteiger partial charge on any atom is -0.354 e. The molecule has 0 radical (unpaired) electrons. The van der Waals surface area contributed by atoms with E-state index in [-0.39, 0.29) is 17.4 Å². The van der Waals surface area contributed by atoms with Gasteiger partial charge < -0.3 is 11.1 Å². The van der Waals surface area contributed by atoms with E-state index in [1.807, 2.05) is 6.92 Å². The number of amides is 1. The number of hydrogen-bond acceptors (Lipinski definition) is 2. The number of nitrogens with one attached hydrogen (secondary N) is 1. The monoisotopic (exact) mass is 200 g/mol. The highest BCUT2D eigenvalue weighted by molar-refractivity contribution is 5.81. The van der Waals surface area contributed by atoms with Crippen LogP contribution in [0.3, 0.4) is 0 Å². The van der Waals surface area contributed by atoms with E-state index in [4.69, 9.17) is 5.73 Å². The van der Waals surface area contributed by atoms with Crippen LogP contribution < -0.4 is 11.1 Å². The Bertz CT molecular complexity index is 184. The highest BCUT2D eigenvalue weighted by atomic mass is 16.2. The van der Waals surface area contributed by atoms with Crippen molar-refractivity contribution in [2.45, 2.75) is 47.1 Å². The lowest BCUT2D eigenvalue weighted by atomic mass is 9.82. The van der Waals surface area contributed by atoms with Gasteiger partial charge in [0.15, 0.2) is 0 Å². The number of carbonyl (C=O) groups excluding carboxylic acids is 1. The van der Waals surface area contributed by atoms with Gasteiger partial charge in [-0.1, -0.05) is 34.6 Å². The summed E-state index contributed by atoms with van der Waals surface area (Å²) < 4.78 is 0. The predicted octanol–water partition coefficient (Wildman–Crippen LogP) is 1.52. The first-order valence-corrected chi connectivity index (χ1v) is 5.32. The van der Waals surface area contributed by atoms with Gasteiger partial charge in [-0.25, -0.2) is 0 Å². The molecule has 3 nitrogen and oxygen atoms in total. The highest BCUT2D eigenvalue weighted by Gasteiger charge is 2.21. The van der Waals surface area contributed by atoms with E-state index in [9.17, 15) is 4.79 Å². The molecule has 0 saturated carbocycles. The number of carbonyl (C=O) groups is 1. The Labute approximate surface area is 87.4 Å². The molecule has 1 unspecified atom stereocenters. The van der Waals surface area contributed by atoms with Gasteiger partial charge in [-0.05, 0) is 17.8 Å². The Morgan fingerprint density at radius 2 is 1.93 bits per heavy atom. The van der Waals surface area contributed by atoms with E-state index < -0.39 is 0 Å². The fraction of sp³-hybridized carbons (Fsp3) is 0.909. The molecule has 0 aromatic rings. The van der Waals surface area contributed by atoms with Gasteiger partial charge >= 0.3 is 0 Å². The van der Waals surface area contributed by atoms with Crippen LogP contribution in [-0.2, 0) is 4.79 Å². The summed E-state index contributed by atoms with van der Waals surface area (Å²) in [5, 5.41) is 2.88. The van der Waals surface area contributed by atoms with E-state index in [0.717, 1.165) is 0 Å². The molecule has 0 fully saturated rings. The molecular formula is C11H24N2O. The van der Waals surface area contributed by atoms with Crippen LogP contribution >= 0.6 is 0 Å². The summed E-state index contributed by atoms with van der Waals surface area (Å²) in [5.41, 5.74) is 5.83. The average Bonchev–Trinajstić information content (AvgIpc) is 2.10. The van der Waals surface area contributed by atoms with Crippen molar-refractivity contribution in [1.29, 1.82) is 0 Å².